The molecule has 0 aliphatic rings. The van der Waals surface area contributed by atoms with Crippen LogP contribution in [0.4, 0.5) is 5.69 Å². The first kappa shape index (κ1) is 20.1. The van der Waals surface area contributed by atoms with Crippen molar-refractivity contribution < 1.29 is 22.7 Å². The lowest BCUT2D eigenvalue weighted by Gasteiger charge is -2.24. The molecule has 0 fully saturated rings. The van der Waals surface area contributed by atoms with Gasteiger partial charge in [-0.1, -0.05) is 17.7 Å². The van der Waals surface area contributed by atoms with E-state index in [0.29, 0.717) is 16.3 Å². The molecule has 0 amide bonds. The second-order valence-corrected chi connectivity index (χ2v) is 7.73. The number of halogens is 1. The molecule has 0 aromatic heterocycles. The fourth-order valence-electron chi connectivity index (χ4n) is 2.41. The number of hydrogen-bond acceptors (Lipinski definition) is 5. The molecule has 140 valence electrons. The average molecular weight is 398 g/mol. The zero-order valence-corrected chi connectivity index (χ0v) is 16.3. The van der Waals surface area contributed by atoms with Gasteiger partial charge in [-0.05, 0) is 55.8 Å². The summed E-state index contributed by atoms with van der Waals surface area (Å²) >= 11 is 5.99. The van der Waals surface area contributed by atoms with Gasteiger partial charge < -0.3 is 9.47 Å². The smallest absolute Gasteiger partial charge is 0.326 e. The average Bonchev–Trinajstić information content (AvgIpc) is 2.59. The number of esters is 1. The van der Waals surface area contributed by atoms with Crippen molar-refractivity contribution >= 4 is 33.3 Å². The van der Waals surface area contributed by atoms with E-state index in [2.05, 4.69) is 0 Å². The molecule has 0 spiro atoms. The third-order valence-electron chi connectivity index (χ3n) is 3.63. The van der Waals surface area contributed by atoms with Gasteiger partial charge >= 0.3 is 5.97 Å². The maximum atomic E-state index is 13.2. The summed E-state index contributed by atoms with van der Waals surface area (Å²) in [5.74, 6) is -0.0788. The Bertz CT molecular complexity index is 898. The van der Waals surface area contributed by atoms with Crippen LogP contribution in [0.2, 0.25) is 5.02 Å². The van der Waals surface area contributed by atoms with E-state index in [1.165, 1.54) is 25.3 Å². The highest BCUT2D eigenvalue weighted by Gasteiger charge is 2.28. The highest BCUT2D eigenvalue weighted by molar-refractivity contribution is 7.92. The molecule has 8 heteroatoms. The van der Waals surface area contributed by atoms with Gasteiger partial charge in [0.1, 0.15) is 12.3 Å². The predicted octanol–water partition coefficient (Wildman–Crippen LogP) is 3.42. The third kappa shape index (κ3) is 4.47. The van der Waals surface area contributed by atoms with Crippen LogP contribution in [0.5, 0.6) is 5.75 Å². The van der Waals surface area contributed by atoms with Gasteiger partial charge in [-0.2, -0.15) is 0 Å². The van der Waals surface area contributed by atoms with Crippen molar-refractivity contribution in [2.24, 2.45) is 0 Å². The molecule has 0 atom stereocenters. The van der Waals surface area contributed by atoms with E-state index in [4.69, 9.17) is 21.1 Å². The van der Waals surface area contributed by atoms with Gasteiger partial charge in [0.25, 0.3) is 10.0 Å². The van der Waals surface area contributed by atoms with E-state index >= 15 is 0 Å². The Morgan fingerprint density at radius 3 is 2.50 bits per heavy atom. The number of sulfonamides is 1. The summed E-state index contributed by atoms with van der Waals surface area (Å²) in [7, 11) is -2.50. The number of nitrogens with zero attached hydrogens (tertiary/aromatic N) is 1. The van der Waals surface area contributed by atoms with Gasteiger partial charge in [-0.15, -0.1) is 0 Å². The molecule has 2 rings (SSSR count). The first-order chi connectivity index (χ1) is 12.3. The van der Waals surface area contributed by atoms with E-state index in [1.54, 1.807) is 38.1 Å². The molecule has 0 saturated heterocycles. The summed E-state index contributed by atoms with van der Waals surface area (Å²) in [6.45, 7) is 3.10. The molecule has 0 aliphatic carbocycles. The molecule has 0 radical (unpaired) electrons. The van der Waals surface area contributed by atoms with Gasteiger partial charge in [-0.25, -0.2) is 8.42 Å². The zero-order valence-electron chi connectivity index (χ0n) is 14.7. The fourth-order valence-corrected chi connectivity index (χ4v) is 4.08. The van der Waals surface area contributed by atoms with Crippen LogP contribution in [0.25, 0.3) is 0 Å². The first-order valence-corrected chi connectivity index (χ1v) is 9.70. The maximum absolute atomic E-state index is 13.2. The molecule has 0 aliphatic heterocycles. The highest BCUT2D eigenvalue weighted by Crippen LogP contribution is 2.28. The standard InChI is InChI=1S/C18H20ClNO5S/c1-4-25-18(21)12-20(15-7-5-6-14(19)11-15)26(22,23)16-8-9-17(24-3)13(2)10-16/h5-11H,4,12H2,1-3H3. The minimum Gasteiger partial charge on any atom is -0.496 e. The van der Waals surface area contributed by atoms with Crippen molar-refractivity contribution in [3.8, 4) is 5.75 Å². The normalized spacial score (nSPS) is 11.1. The van der Waals surface area contributed by atoms with E-state index in [0.717, 1.165) is 4.31 Å². The minimum atomic E-state index is -4.01. The van der Waals surface area contributed by atoms with Crippen molar-refractivity contribution in [1.82, 2.24) is 0 Å². The summed E-state index contributed by atoms with van der Waals surface area (Å²) in [6, 6.07) is 10.8. The quantitative estimate of drug-likeness (QED) is 0.669. The van der Waals surface area contributed by atoms with Crippen LogP contribution >= 0.6 is 11.6 Å². The molecule has 0 saturated carbocycles. The number of methoxy groups -OCH3 is 1. The SMILES string of the molecule is CCOC(=O)CN(c1cccc(Cl)c1)S(=O)(=O)c1ccc(OC)c(C)c1. The summed E-state index contributed by atoms with van der Waals surface area (Å²) in [4.78, 5) is 12.0. The molecule has 0 unspecified atom stereocenters. The summed E-state index contributed by atoms with van der Waals surface area (Å²) in [5, 5.41) is 0.359. The molecule has 26 heavy (non-hydrogen) atoms. The van der Waals surface area contributed by atoms with Gasteiger partial charge in [0.2, 0.25) is 0 Å². The van der Waals surface area contributed by atoms with Crippen molar-refractivity contribution in [3.05, 3.63) is 53.1 Å². The van der Waals surface area contributed by atoms with E-state index in [9.17, 15) is 13.2 Å². The molecule has 0 bridgehead atoms. The number of carbonyl (C=O) groups excluding carboxylic acids is 1. The predicted molar refractivity (Wildman–Crippen MR) is 100 cm³/mol. The van der Waals surface area contributed by atoms with Crippen molar-refractivity contribution in [2.45, 2.75) is 18.7 Å². The number of hydrogen-bond donors (Lipinski definition) is 0. The van der Waals surface area contributed by atoms with Gasteiger partial charge in [0.15, 0.2) is 0 Å². The van der Waals surface area contributed by atoms with E-state index in [-0.39, 0.29) is 17.2 Å². The lowest BCUT2D eigenvalue weighted by Crippen LogP contribution is -2.36. The topological polar surface area (TPSA) is 72.9 Å². The lowest BCUT2D eigenvalue weighted by atomic mass is 10.2. The Balaban J connectivity index is 2.52. The number of ether oxygens (including phenoxy) is 2. The second-order valence-electron chi connectivity index (χ2n) is 5.43. The highest BCUT2D eigenvalue weighted by atomic mass is 35.5. The Morgan fingerprint density at radius 1 is 1.19 bits per heavy atom. The van der Waals surface area contributed by atoms with Crippen LogP contribution in [0, 0.1) is 6.92 Å². The van der Waals surface area contributed by atoms with Crippen LogP contribution in [-0.2, 0) is 19.6 Å². The Kier molecular flexibility index (Phi) is 6.50. The second kappa shape index (κ2) is 8.42. The summed E-state index contributed by atoms with van der Waals surface area (Å²) < 4.78 is 37.4. The fraction of sp³-hybridized carbons (Fsp3) is 0.278. The van der Waals surface area contributed by atoms with Crippen molar-refractivity contribution in [2.75, 3.05) is 24.6 Å². The molecule has 2 aromatic carbocycles. The molecular weight excluding hydrogens is 378 g/mol. The van der Waals surface area contributed by atoms with Crippen molar-refractivity contribution in [1.29, 1.82) is 0 Å². The lowest BCUT2D eigenvalue weighted by molar-refractivity contribution is -0.141. The Labute approximate surface area is 158 Å². The van der Waals surface area contributed by atoms with Gasteiger partial charge in [-0.3, -0.25) is 9.10 Å². The van der Waals surface area contributed by atoms with Crippen LogP contribution in [0.3, 0.4) is 0 Å². The molecule has 2 aromatic rings. The number of benzene rings is 2. The summed E-state index contributed by atoms with van der Waals surface area (Å²) in [6.07, 6.45) is 0. The van der Waals surface area contributed by atoms with Crippen LogP contribution in [-0.4, -0.2) is 34.6 Å². The molecule has 6 nitrogen and oxygen atoms in total. The van der Waals surface area contributed by atoms with Crippen LogP contribution in [0.1, 0.15) is 12.5 Å². The molecular formula is C18H20ClNO5S. The zero-order chi connectivity index (χ0) is 19.3. The number of aryl methyl sites for hydroxylation is 1. The molecule has 0 N–H and O–H groups in total. The van der Waals surface area contributed by atoms with Crippen molar-refractivity contribution in [3.63, 3.8) is 0 Å². The maximum Gasteiger partial charge on any atom is 0.326 e. The number of rotatable bonds is 7. The minimum absolute atomic E-state index is 0.0417. The Hall–Kier alpha value is -2.25. The number of anilines is 1. The van der Waals surface area contributed by atoms with Crippen LogP contribution in [0.15, 0.2) is 47.4 Å². The number of carbonyl (C=O) groups is 1. The van der Waals surface area contributed by atoms with E-state index in [1.807, 2.05) is 0 Å². The first-order valence-electron chi connectivity index (χ1n) is 7.88. The van der Waals surface area contributed by atoms with Crippen LogP contribution < -0.4 is 9.04 Å². The third-order valence-corrected chi connectivity index (χ3v) is 5.63. The summed E-state index contributed by atoms with van der Waals surface area (Å²) in [5.41, 5.74) is 0.940. The van der Waals surface area contributed by atoms with Gasteiger partial charge in [0.05, 0.1) is 24.3 Å². The largest absolute Gasteiger partial charge is 0.496 e. The molecule has 0 heterocycles. The van der Waals surface area contributed by atoms with E-state index < -0.39 is 22.5 Å². The Morgan fingerprint density at radius 2 is 1.92 bits per heavy atom. The monoisotopic (exact) mass is 397 g/mol. The van der Waals surface area contributed by atoms with Gasteiger partial charge in [0, 0.05) is 5.02 Å².